The molecule has 1 fully saturated rings. The number of amides is 1. The van der Waals surface area contributed by atoms with Gasteiger partial charge in [0, 0.05) is 18.7 Å². The Morgan fingerprint density at radius 3 is 2.23 bits per heavy atom. The van der Waals surface area contributed by atoms with Gasteiger partial charge in [0.05, 0.1) is 11.2 Å². The number of hydrogen-bond donors (Lipinski definition) is 2. The Labute approximate surface area is 132 Å². The molecule has 2 rings (SSSR count). The van der Waals surface area contributed by atoms with Crippen molar-refractivity contribution >= 4 is 24.2 Å². The minimum Gasteiger partial charge on any atom is -0.423 e. The first-order valence-electron chi connectivity index (χ1n) is 7.60. The first kappa shape index (κ1) is 17.0. The number of carbonyl (C=O) groups excluding carboxylic acids is 1. The van der Waals surface area contributed by atoms with E-state index in [1.165, 1.54) is 0 Å². The van der Waals surface area contributed by atoms with Crippen molar-refractivity contribution in [2.75, 3.05) is 11.4 Å². The van der Waals surface area contributed by atoms with Gasteiger partial charge in [0.1, 0.15) is 0 Å². The van der Waals surface area contributed by atoms with Crippen molar-refractivity contribution < 1.29 is 19.6 Å². The van der Waals surface area contributed by atoms with Crippen molar-refractivity contribution in [2.24, 2.45) is 0 Å². The molecule has 0 aromatic heterocycles. The van der Waals surface area contributed by atoms with E-state index in [1.807, 2.05) is 12.1 Å². The Balaban J connectivity index is 2.08. The van der Waals surface area contributed by atoms with Crippen LogP contribution in [0.1, 0.15) is 40.5 Å². The lowest BCUT2D eigenvalue weighted by atomic mass is 9.76. The van der Waals surface area contributed by atoms with Crippen LogP contribution in [-0.4, -0.2) is 40.9 Å². The van der Waals surface area contributed by atoms with Gasteiger partial charge in [0.15, 0.2) is 0 Å². The van der Waals surface area contributed by atoms with Gasteiger partial charge in [-0.15, -0.1) is 0 Å². The standard InChI is InChI=1S/C16H24BNO4/c1-15(2,20)16(3,4)22-17(21)12-7-9-13(10-8-12)18-11-5-6-14(18)19/h7-10,20-21H,5-6,11H2,1-4H3. The van der Waals surface area contributed by atoms with Gasteiger partial charge in [-0.1, -0.05) is 12.1 Å². The van der Waals surface area contributed by atoms with Crippen LogP contribution in [0.2, 0.25) is 0 Å². The Morgan fingerprint density at radius 1 is 1.18 bits per heavy atom. The zero-order valence-corrected chi connectivity index (χ0v) is 13.7. The maximum absolute atomic E-state index is 11.7. The predicted octanol–water partition coefficient (Wildman–Crippen LogP) is 1.07. The van der Waals surface area contributed by atoms with Crippen molar-refractivity contribution in [1.82, 2.24) is 0 Å². The van der Waals surface area contributed by atoms with Gasteiger partial charge in [-0.25, -0.2) is 0 Å². The van der Waals surface area contributed by atoms with E-state index in [9.17, 15) is 14.9 Å². The lowest BCUT2D eigenvalue weighted by Gasteiger charge is -2.38. The maximum atomic E-state index is 11.7. The van der Waals surface area contributed by atoms with Crippen LogP contribution >= 0.6 is 0 Å². The fraction of sp³-hybridized carbons (Fsp3) is 0.562. The summed E-state index contributed by atoms with van der Waals surface area (Å²) in [4.78, 5) is 13.5. The normalized spacial score (nSPS) is 16.3. The molecule has 1 aromatic rings. The van der Waals surface area contributed by atoms with Crippen molar-refractivity contribution in [3.8, 4) is 0 Å². The summed E-state index contributed by atoms with van der Waals surface area (Å²) >= 11 is 0. The van der Waals surface area contributed by atoms with E-state index in [-0.39, 0.29) is 5.91 Å². The highest BCUT2D eigenvalue weighted by atomic mass is 16.5. The zero-order chi connectivity index (χ0) is 16.5. The molecule has 22 heavy (non-hydrogen) atoms. The Bertz CT molecular complexity index is 536. The molecule has 1 aromatic carbocycles. The van der Waals surface area contributed by atoms with Crippen LogP contribution in [-0.2, 0) is 9.45 Å². The molecule has 0 bridgehead atoms. The molecule has 6 heteroatoms. The average molecular weight is 305 g/mol. The molecule has 1 heterocycles. The number of carbonyl (C=O) groups is 1. The second-order valence-corrected chi connectivity index (χ2v) is 6.78. The largest absolute Gasteiger partial charge is 0.491 e. The maximum Gasteiger partial charge on any atom is 0.491 e. The van der Waals surface area contributed by atoms with Crippen molar-refractivity contribution in [3.63, 3.8) is 0 Å². The topological polar surface area (TPSA) is 70.0 Å². The predicted molar refractivity (Wildman–Crippen MR) is 87.1 cm³/mol. The van der Waals surface area contributed by atoms with E-state index in [0.717, 1.165) is 18.7 Å². The third-order valence-electron chi connectivity index (χ3n) is 4.44. The molecule has 0 radical (unpaired) electrons. The van der Waals surface area contributed by atoms with E-state index < -0.39 is 18.3 Å². The summed E-state index contributed by atoms with van der Waals surface area (Å²) in [5, 5.41) is 20.3. The second-order valence-electron chi connectivity index (χ2n) is 6.78. The van der Waals surface area contributed by atoms with Crippen LogP contribution in [0.25, 0.3) is 0 Å². The Hall–Kier alpha value is -1.37. The highest BCUT2D eigenvalue weighted by Gasteiger charge is 2.39. The SMILES string of the molecule is CC(C)(O)C(C)(C)OB(O)c1ccc(N2CCCC2=O)cc1. The van der Waals surface area contributed by atoms with E-state index in [0.29, 0.717) is 11.9 Å². The first-order valence-corrected chi connectivity index (χ1v) is 7.60. The summed E-state index contributed by atoms with van der Waals surface area (Å²) in [6.07, 6.45) is 1.47. The average Bonchev–Trinajstić information content (AvgIpc) is 2.83. The third kappa shape index (κ3) is 3.51. The molecule has 120 valence electrons. The van der Waals surface area contributed by atoms with E-state index >= 15 is 0 Å². The summed E-state index contributed by atoms with van der Waals surface area (Å²) < 4.78 is 5.60. The number of aliphatic hydroxyl groups is 1. The lowest BCUT2D eigenvalue weighted by molar-refractivity contribution is -0.117. The first-order chi connectivity index (χ1) is 10.1. The summed E-state index contributed by atoms with van der Waals surface area (Å²) in [6.45, 7) is 7.48. The molecular weight excluding hydrogens is 281 g/mol. The molecule has 0 spiro atoms. The zero-order valence-electron chi connectivity index (χ0n) is 13.7. The fourth-order valence-corrected chi connectivity index (χ4v) is 2.23. The van der Waals surface area contributed by atoms with Crippen molar-refractivity contribution in [2.45, 2.75) is 51.7 Å². The van der Waals surface area contributed by atoms with Gasteiger partial charge in [-0.05, 0) is 51.7 Å². The van der Waals surface area contributed by atoms with Gasteiger partial charge < -0.3 is 19.7 Å². The second kappa shape index (κ2) is 6.03. The molecule has 1 saturated heterocycles. The quantitative estimate of drug-likeness (QED) is 0.798. The summed E-state index contributed by atoms with van der Waals surface area (Å²) in [5.41, 5.74) is -0.570. The van der Waals surface area contributed by atoms with Crippen LogP contribution in [0.4, 0.5) is 5.69 Å². The summed E-state index contributed by atoms with van der Waals surface area (Å²) in [7, 11) is -1.13. The minimum atomic E-state index is -1.13. The highest BCUT2D eigenvalue weighted by Crippen LogP contribution is 2.25. The molecular formula is C16H24BNO4. The molecule has 1 aliphatic heterocycles. The van der Waals surface area contributed by atoms with Gasteiger partial charge >= 0.3 is 7.12 Å². The number of hydrogen-bond acceptors (Lipinski definition) is 4. The van der Waals surface area contributed by atoms with Crippen LogP contribution < -0.4 is 10.4 Å². The van der Waals surface area contributed by atoms with Crippen LogP contribution in [0.5, 0.6) is 0 Å². The van der Waals surface area contributed by atoms with Gasteiger partial charge in [-0.3, -0.25) is 4.79 Å². The van der Waals surface area contributed by atoms with Crippen LogP contribution in [0.15, 0.2) is 24.3 Å². The van der Waals surface area contributed by atoms with Gasteiger partial charge in [0.2, 0.25) is 5.91 Å². The summed E-state index contributed by atoms with van der Waals surface area (Å²) in [5.74, 6) is 0.132. The van der Waals surface area contributed by atoms with Crippen molar-refractivity contribution in [1.29, 1.82) is 0 Å². The number of anilines is 1. The molecule has 1 aliphatic rings. The molecule has 0 saturated carbocycles. The minimum absolute atomic E-state index is 0.132. The number of rotatable bonds is 5. The van der Waals surface area contributed by atoms with Gasteiger partial charge in [-0.2, -0.15) is 0 Å². The molecule has 0 atom stereocenters. The smallest absolute Gasteiger partial charge is 0.423 e. The molecule has 2 N–H and O–H groups in total. The Morgan fingerprint density at radius 2 is 1.77 bits per heavy atom. The monoisotopic (exact) mass is 305 g/mol. The molecule has 0 aliphatic carbocycles. The van der Waals surface area contributed by atoms with Crippen LogP contribution in [0, 0.1) is 0 Å². The van der Waals surface area contributed by atoms with Gasteiger partial charge in [0.25, 0.3) is 0 Å². The molecule has 0 unspecified atom stereocenters. The third-order valence-corrected chi connectivity index (χ3v) is 4.44. The van der Waals surface area contributed by atoms with E-state index in [1.54, 1.807) is 44.7 Å². The fourth-order valence-electron chi connectivity index (χ4n) is 2.23. The van der Waals surface area contributed by atoms with E-state index in [4.69, 9.17) is 4.65 Å². The Kier molecular flexibility index (Phi) is 4.66. The molecule has 1 amide bonds. The summed E-state index contributed by atoms with van der Waals surface area (Å²) in [6, 6.07) is 7.10. The number of benzene rings is 1. The van der Waals surface area contributed by atoms with Crippen molar-refractivity contribution in [3.05, 3.63) is 24.3 Å². The number of nitrogens with zero attached hydrogens (tertiary/aromatic N) is 1. The van der Waals surface area contributed by atoms with Crippen LogP contribution in [0.3, 0.4) is 0 Å². The molecule has 5 nitrogen and oxygen atoms in total. The lowest BCUT2D eigenvalue weighted by Crippen LogP contribution is -2.53. The van der Waals surface area contributed by atoms with E-state index in [2.05, 4.69) is 0 Å². The highest BCUT2D eigenvalue weighted by molar-refractivity contribution is 6.60.